The maximum atomic E-state index is 13.0. The molecule has 1 saturated carbocycles. The average molecular weight is 360 g/mol. The quantitative estimate of drug-likeness (QED) is 0.840. The molecule has 0 aliphatic heterocycles. The van der Waals surface area contributed by atoms with E-state index in [2.05, 4.69) is 14.9 Å². The molecule has 0 unspecified atom stereocenters. The van der Waals surface area contributed by atoms with Crippen molar-refractivity contribution in [2.45, 2.75) is 55.9 Å². The lowest BCUT2D eigenvalue weighted by molar-refractivity contribution is 0.301. The summed E-state index contributed by atoms with van der Waals surface area (Å²) in [5, 5.41) is 13.0. The Kier molecular flexibility index (Phi) is 4.88. The van der Waals surface area contributed by atoms with Gasteiger partial charge in [0.25, 0.3) is 0 Å². The standard InChI is InChI=1S/C17H20N4O3S/c1-13-19-16(20-24-13)17(9-4-2-3-5-10-17)21-25(22,23)15-8-6-7-14(11-15)12-18/h6-8,11,21H,2-5,9-10H2,1H3. The van der Waals surface area contributed by atoms with Crippen molar-refractivity contribution in [2.24, 2.45) is 0 Å². The van der Waals surface area contributed by atoms with Crippen molar-refractivity contribution in [2.75, 3.05) is 0 Å². The molecule has 3 rings (SSSR count). The molecule has 0 spiro atoms. The fraction of sp³-hybridized carbons (Fsp3) is 0.471. The Hall–Kier alpha value is -2.24. The molecule has 8 heteroatoms. The number of sulfonamides is 1. The maximum Gasteiger partial charge on any atom is 0.241 e. The summed E-state index contributed by atoms with van der Waals surface area (Å²) in [7, 11) is -3.83. The lowest BCUT2D eigenvalue weighted by atomic mass is 9.91. The number of nitrogens with zero attached hydrogens (tertiary/aromatic N) is 3. The van der Waals surface area contributed by atoms with Gasteiger partial charge in [0.05, 0.1) is 22.1 Å². The van der Waals surface area contributed by atoms with Crippen LogP contribution >= 0.6 is 0 Å². The number of benzene rings is 1. The van der Waals surface area contributed by atoms with Gasteiger partial charge in [0, 0.05) is 6.92 Å². The summed E-state index contributed by atoms with van der Waals surface area (Å²) >= 11 is 0. The zero-order valence-electron chi connectivity index (χ0n) is 14.0. The molecule has 1 aliphatic rings. The first-order valence-corrected chi connectivity index (χ1v) is 9.78. The predicted molar refractivity (Wildman–Crippen MR) is 89.9 cm³/mol. The molecular weight excluding hydrogens is 340 g/mol. The summed E-state index contributed by atoms with van der Waals surface area (Å²) in [4.78, 5) is 4.37. The molecule has 1 aliphatic carbocycles. The van der Waals surface area contributed by atoms with E-state index in [0.29, 0.717) is 30.1 Å². The van der Waals surface area contributed by atoms with Gasteiger partial charge in [0.15, 0.2) is 5.82 Å². The van der Waals surface area contributed by atoms with Gasteiger partial charge in [0.1, 0.15) is 0 Å². The second kappa shape index (κ2) is 6.94. The van der Waals surface area contributed by atoms with Gasteiger partial charge in [-0.1, -0.05) is 36.9 Å². The Balaban J connectivity index is 2.01. The van der Waals surface area contributed by atoms with Gasteiger partial charge in [-0.05, 0) is 31.0 Å². The molecule has 132 valence electrons. The van der Waals surface area contributed by atoms with Crippen molar-refractivity contribution in [3.63, 3.8) is 0 Å². The monoisotopic (exact) mass is 360 g/mol. The third-order valence-corrected chi connectivity index (χ3v) is 6.05. The molecule has 0 bridgehead atoms. The zero-order chi connectivity index (χ0) is 17.9. The van der Waals surface area contributed by atoms with Crippen LogP contribution in [-0.4, -0.2) is 18.6 Å². The molecule has 0 amide bonds. The highest BCUT2D eigenvalue weighted by molar-refractivity contribution is 7.89. The van der Waals surface area contributed by atoms with Crippen LogP contribution in [-0.2, 0) is 15.6 Å². The molecule has 1 fully saturated rings. The maximum absolute atomic E-state index is 13.0. The Morgan fingerprint density at radius 3 is 2.56 bits per heavy atom. The van der Waals surface area contributed by atoms with Crippen LogP contribution in [0.2, 0.25) is 0 Å². The number of nitriles is 1. The van der Waals surface area contributed by atoms with E-state index in [-0.39, 0.29) is 4.90 Å². The van der Waals surface area contributed by atoms with Crippen molar-refractivity contribution in [1.82, 2.24) is 14.9 Å². The summed E-state index contributed by atoms with van der Waals surface area (Å²) in [6.07, 6.45) is 5.09. The summed E-state index contributed by atoms with van der Waals surface area (Å²) in [6, 6.07) is 7.95. The van der Waals surface area contributed by atoms with Gasteiger partial charge in [-0.25, -0.2) is 8.42 Å². The average Bonchev–Trinajstić information content (AvgIpc) is 2.91. The Bertz CT molecular complexity index is 891. The van der Waals surface area contributed by atoms with Gasteiger partial charge in [0.2, 0.25) is 15.9 Å². The summed E-state index contributed by atoms with van der Waals surface area (Å²) in [5.74, 6) is 0.788. The molecule has 1 heterocycles. The molecule has 25 heavy (non-hydrogen) atoms. The highest BCUT2D eigenvalue weighted by atomic mass is 32.2. The molecule has 1 aromatic heterocycles. The lowest BCUT2D eigenvalue weighted by Gasteiger charge is -2.30. The van der Waals surface area contributed by atoms with Crippen molar-refractivity contribution >= 4 is 10.0 Å². The first-order valence-electron chi connectivity index (χ1n) is 8.30. The summed E-state index contributed by atoms with van der Waals surface area (Å²) in [5.41, 5.74) is -0.580. The Labute approximate surface area is 147 Å². The number of hydrogen-bond donors (Lipinski definition) is 1. The van der Waals surface area contributed by atoms with Crippen molar-refractivity contribution in [3.05, 3.63) is 41.5 Å². The SMILES string of the molecule is Cc1nc(C2(NS(=O)(=O)c3cccc(C#N)c3)CCCCCC2)no1. The fourth-order valence-electron chi connectivity index (χ4n) is 3.25. The molecule has 1 aromatic carbocycles. The smallest absolute Gasteiger partial charge is 0.241 e. The highest BCUT2D eigenvalue weighted by Gasteiger charge is 2.41. The van der Waals surface area contributed by atoms with Gasteiger partial charge in [-0.2, -0.15) is 15.0 Å². The number of hydrogen-bond acceptors (Lipinski definition) is 6. The molecule has 7 nitrogen and oxygen atoms in total. The zero-order valence-corrected chi connectivity index (χ0v) is 14.8. The van der Waals surface area contributed by atoms with E-state index in [4.69, 9.17) is 9.78 Å². The summed E-state index contributed by atoms with van der Waals surface area (Å²) in [6.45, 7) is 1.69. The number of aryl methyl sites for hydroxylation is 1. The Morgan fingerprint density at radius 1 is 1.24 bits per heavy atom. The van der Waals surface area contributed by atoms with Gasteiger partial charge >= 0.3 is 0 Å². The van der Waals surface area contributed by atoms with Crippen LogP contribution in [0.4, 0.5) is 0 Å². The molecule has 0 atom stereocenters. The van der Waals surface area contributed by atoms with Crippen LogP contribution in [0.15, 0.2) is 33.7 Å². The highest BCUT2D eigenvalue weighted by Crippen LogP contribution is 2.36. The number of aromatic nitrogens is 2. The molecule has 1 N–H and O–H groups in total. The second-order valence-corrected chi connectivity index (χ2v) is 8.06. The molecule has 0 radical (unpaired) electrons. The van der Waals surface area contributed by atoms with Crippen molar-refractivity contribution in [1.29, 1.82) is 5.26 Å². The second-order valence-electron chi connectivity index (χ2n) is 6.38. The minimum Gasteiger partial charge on any atom is -0.340 e. The summed E-state index contributed by atoms with van der Waals surface area (Å²) < 4.78 is 33.8. The van der Waals surface area contributed by atoms with Crippen LogP contribution in [0.1, 0.15) is 55.8 Å². The third-order valence-electron chi connectivity index (χ3n) is 4.52. The molecular formula is C17H20N4O3S. The van der Waals surface area contributed by atoms with E-state index >= 15 is 0 Å². The fourth-order valence-corrected chi connectivity index (χ4v) is 4.71. The predicted octanol–water partition coefficient (Wildman–Crippen LogP) is 2.78. The Morgan fingerprint density at radius 2 is 1.96 bits per heavy atom. The first-order chi connectivity index (χ1) is 12.0. The number of rotatable bonds is 4. The molecule has 2 aromatic rings. The van der Waals surface area contributed by atoms with E-state index in [9.17, 15) is 8.42 Å². The van der Waals surface area contributed by atoms with Crippen LogP contribution in [0.3, 0.4) is 0 Å². The van der Waals surface area contributed by atoms with Crippen molar-refractivity contribution < 1.29 is 12.9 Å². The minimum atomic E-state index is -3.83. The van der Waals surface area contributed by atoms with Crippen LogP contribution in [0.25, 0.3) is 0 Å². The van der Waals surface area contributed by atoms with Crippen LogP contribution < -0.4 is 4.72 Å². The number of nitrogens with one attached hydrogen (secondary N) is 1. The van der Waals surface area contributed by atoms with E-state index < -0.39 is 15.6 Å². The lowest BCUT2D eigenvalue weighted by Crippen LogP contribution is -2.46. The van der Waals surface area contributed by atoms with Gasteiger partial charge < -0.3 is 4.52 Å². The van der Waals surface area contributed by atoms with Crippen LogP contribution in [0, 0.1) is 18.3 Å². The first kappa shape index (κ1) is 17.6. The van der Waals surface area contributed by atoms with E-state index in [1.54, 1.807) is 19.1 Å². The van der Waals surface area contributed by atoms with Crippen molar-refractivity contribution in [3.8, 4) is 6.07 Å². The topological polar surface area (TPSA) is 109 Å². The van der Waals surface area contributed by atoms with Gasteiger partial charge in [-0.15, -0.1) is 0 Å². The normalized spacial score (nSPS) is 17.6. The molecule has 0 saturated heterocycles. The largest absolute Gasteiger partial charge is 0.340 e. The van der Waals surface area contributed by atoms with E-state index in [1.807, 2.05) is 6.07 Å². The minimum absolute atomic E-state index is 0.0652. The van der Waals surface area contributed by atoms with E-state index in [0.717, 1.165) is 25.7 Å². The van der Waals surface area contributed by atoms with Gasteiger partial charge in [-0.3, -0.25) is 0 Å². The van der Waals surface area contributed by atoms with Crippen LogP contribution in [0.5, 0.6) is 0 Å². The third kappa shape index (κ3) is 3.72. The van der Waals surface area contributed by atoms with E-state index in [1.165, 1.54) is 12.1 Å².